The van der Waals surface area contributed by atoms with Crippen molar-refractivity contribution in [3.05, 3.63) is 35.6 Å². The molecule has 1 nitrogen and oxygen atoms in total. The van der Waals surface area contributed by atoms with Gasteiger partial charge in [-0.1, -0.05) is 32.9 Å². The molecule has 2 rings (SSSR count). The van der Waals surface area contributed by atoms with E-state index in [0.717, 1.165) is 11.5 Å². The lowest BCUT2D eigenvalue weighted by Gasteiger charge is -2.40. The van der Waals surface area contributed by atoms with Gasteiger partial charge in [0.05, 0.1) is 0 Å². The first-order chi connectivity index (χ1) is 8.85. The van der Waals surface area contributed by atoms with Gasteiger partial charge in [-0.05, 0) is 55.2 Å². The SMILES string of the molecule is CC1CC(N[C@H](C)c2ccc(F)cc2)CC(C)(C)C1. The zero-order chi connectivity index (χ0) is 14.0. The Kier molecular flexibility index (Phi) is 4.29. The normalized spacial score (nSPS) is 28.1. The molecule has 1 aliphatic rings. The van der Waals surface area contributed by atoms with Crippen molar-refractivity contribution in [1.29, 1.82) is 0 Å². The molecule has 3 atom stereocenters. The van der Waals surface area contributed by atoms with Gasteiger partial charge < -0.3 is 5.32 Å². The Morgan fingerprint density at radius 2 is 1.84 bits per heavy atom. The van der Waals surface area contributed by atoms with Crippen LogP contribution in [0, 0.1) is 17.2 Å². The molecule has 0 amide bonds. The van der Waals surface area contributed by atoms with Gasteiger partial charge in [0.25, 0.3) is 0 Å². The van der Waals surface area contributed by atoms with Crippen molar-refractivity contribution in [3.63, 3.8) is 0 Å². The molecule has 1 saturated carbocycles. The van der Waals surface area contributed by atoms with Gasteiger partial charge in [-0.25, -0.2) is 4.39 Å². The van der Waals surface area contributed by atoms with E-state index < -0.39 is 0 Å². The van der Waals surface area contributed by atoms with E-state index in [4.69, 9.17) is 0 Å². The van der Waals surface area contributed by atoms with Crippen LogP contribution in [0.2, 0.25) is 0 Å². The molecule has 0 heterocycles. The molecule has 2 unspecified atom stereocenters. The summed E-state index contributed by atoms with van der Waals surface area (Å²) in [5, 5.41) is 3.72. The molecule has 1 aromatic rings. The Morgan fingerprint density at radius 3 is 2.42 bits per heavy atom. The van der Waals surface area contributed by atoms with Crippen molar-refractivity contribution in [2.45, 2.75) is 59.0 Å². The number of benzene rings is 1. The molecular formula is C17H26FN. The first kappa shape index (κ1) is 14.5. The fourth-order valence-corrected chi connectivity index (χ4v) is 3.67. The summed E-state index contributed by atoms with van der Waals surface area (Å²) < 4.78 is 12.9. The van der Waals surface area contributed by atoms with E-state index in [1.54, 1.807) is 12.1 Å². The summed E-state index contributed by atoms with van der Waals surface area (Å²) in [7, 11) is 0. The van der Waals surface area contributed by atoms with Crippen molar-refractivity contribution < 1.29 is 4.39 Å². The van der Waals surface area contributed by atoms with Crippen molar-refractivity contribution in [3.8, 4) is 0 Å². The molecule has 0 saturated heterocycles. The van der Waals surface area contributed by atoms with Crippen molar-refractivity contribution in [2.24, 2.45) is 11.3 Å². The Bertz CT molecular complexity index is 410. The molecule has 0 aromatic heterocycles. The van der Waals surface area contributed by atoms with E-state index >= 15 is 0 Å². The van der Waals surface area contributed by atoms with Gasteiger partial charge in [0.15, 0.2) is 0 Å². The predicted octanol–water partition coefficient (Wildman–Crippen LogP) is 4.69. The third kappa shape index (κ3) is 4.04. The number of rotatable bonds is 3. The molecule has 1 fully saturated rings. The van der Waals surface area contributed by atoms with Gasteiger partial charge in [-0.3, -0.25) is 0 Å². The summed E-state index contributed by atoms with van der Waals surface area (Å²) in [6, 6.07) is 7.70. The van der Waals surface area contributed by atoms with E-state index in [2.05, 4.69) is 33.0 Å². The van der Waals surface area contributed by atoms with Crippen LogP contribution >= 0.6 is 0 Å². The number of halogens is 1. The van der Waals surface area contributed by atoms with Crippen LogP contribution in [0.3, 0.4) is 0 Å². The fourth-order valence-electron chi connectivity index (χ4n) is 3.67. The topological polar surface area (TPSA) is 12.0 Å². The molecular weight excluding hydrogens is 237 g/mol. The van der Waals surface area contributed by atoms with Gasteiger partial charge in [0, 0.05) is 12.1 Å². The first-order valence-corrected chi connectivity index (χ1v) is 7.37. The summed E-state index contributed by atoms with van der Waals surface area (Å²) in [6.07, 6.45) is 3.79. The summed E-state index contributed by atoms with van der Waals surface area (Å²) >= 11 is 0. The number of hydrogen-bond donors (Lipinski definition) is 1. The van der Waals surface area contributed by atoms with Gasteiger partial charge in [-0.15, -0.1) is 0 Å². The molecule has 0 bridgehead atoms. The lowest BCUT2D eigenvalue weighted by Crippen LogP contribution is -2.41. The maximum Gasteiger partial charge on any atom is 0.123 e. The minimum Gasteiger partial charge on any atom is -0.307 e. The summed E-state index contributed by atoms with van der Waals surface area (Å²) in [4.78, 5) is 0. The second kappa shape index (κ2) is 5.62. The highest BCUT2D eigenvalue weighted by Gasteiger charge is 2.32. The molecule has 19 heavy (non-hydrogen) atoms. The smallest absolute Gasteiger partial charge is 0.123 e. The number of hydrogen-bond acceptors (Lipinski definition) is 1. The highest BCUT2D eigenvalue weighted by molar-refractivity contribution is 5.19. The number of nitrogens with one attached hydrogen (secondary N) is 1. The zero-order valence-electron chi connectivity index (χ0n) is 12.5. The molecule has 1 N–H and O–H groups in total. The largest absolute Gasteiger partial charge is 0.307 e. The van der Waals surface area contributed by atoms with Crippen LogP contribution in [0.15, 0.2) is 24.3 Å². The van der Waals surface area contributed by atoms with Crippen LogP contribution in [0.5, 0.6) is 0 Å². The third-order valence-electron chi connectivity index (χ3n) is 4.24. The molecule has 1 aromatic carbocycles. The molecule has 1 aliphatic carbocycles. The van der Waals surface area contributed by atoms with Crippen LogP contribution < -0.4 is 5.32 Å². The highest BCUT2D eigenvalue weighted by Crippen LogP contribution is 2.39. The monoisotopic (exact) mass is 263 g/mol. The predicted molar refractivity (Wildman–Crippen MR) is 78.5 cm³/mol. The quantitative estimate of drug-likeness (QED) is 0.834. The molecule has 0 radical (unpaired) electrons. The average Bonchev–Trinajstić information content (AvgIpc) is 2.26. The Labute approximate surface area is 116 Å². The van der Waals surface area contributed by atoms with Crippen LogP contribution in [0.4, 0.5) is 4.39 Å². The summed E-state index contributed by atoms with van der Waals surface area (Å²) in [5.41, 5.74) is 1.59. The second-order valence-electron chi connectivity index (χ2n) is 7.05. The molecule has 106 valence electrons. The van der Waals surface area contributed by atoms with Crippen molar-refractivity contribution in [1.82, 2.24) is 5.32 Å². The Balaban J connectivity index is 1.98. The van der Waals surface area contributed by atoms with E-state index in [1.807, 2.05) is 12.1 Å². The third-order valence-corrected chi connectivity index (χ3v) is 4.24. The van der Waals surface area contributed by atoms with E-state index in [1.165, 1.54) is 19.3 Å². The second-order valence-corrected chi connectivity index (χ2v) is 7.05. The lowest BCUT2D eigenvalue weighted by molar-refractivity contribution is 0.145. The fraction of sp³-hybridized carbons (Fsp3) is 0.647. The van der Waals surface area contributed by atoms with Gasteiger partial charge in [0.1, 0.15) is 5.82 Å². The summed E-state index contributed by atoms with van der Waals surface area (Å²) in [5.74, 6) is 0.616. The first-order valence-electron chi connectivity index (χ1n) is 7.37. The van der Waals surface area contributed by atoms with Crippen LogP contribution in [0.1, 0.15) is 58.6 Å². The maximum atomic E-state index is 12.9. The standard InChI is InChI=1S/C17H26FN/c1-12-9-16(11-17(3,4)10-12)19-13(2)14-5-7-15(18)8-6-14/h5-8,12-13,16,19H,9-11H2,1-4H3/t12?,13-,16?/m1/s1. The molecule has 2 heteroatoms. The van der Waals surface area contributed by atoms with Crippen LogP contribution in [0.25, 0.3) is 0 Å². The highest BCUT2D eigenvalue weighted by atomic mass is 19.1. The summed E-state index contributed by atoms with van der Waals surface area (Å²) in [6.45, 7) is 9.23. The van der Waals surface area contributed by atoms with E-state index in [0.29, 0.717) is 11.5 Å². The molecule has 0 spiro atoms. The Hall–Kier alpha value is -0.890. The van der Waals surface area contributed by atoms with Crippen LogP contribution in [-0.4, -0.2) is 6.04 Å². The maximum absolute atomic E-state index is 12.9. The zero-order valence-corrected chi connectivity index (χ0v) is 12.5. The Morgan fingerprint density at radius 1 is 1.21 bits per heavy atom. The molecule has 0 aliphatic heterocycles. The van der Waals surface area contributed by atoms with Crippen molar-refractivity contribution in [2.75, 3.05) is 0 Å². The minimum absolute atomic E-state index is 0.164. The van der Waals surface area contributed by atoms with Crippen molar-refractivity contribution >= 4 is 0 Å². The van der Waals surface area contributed by atoms with Gasteiger partial charge >= 0.3 is 0 Å². The lowest BCUT2D eigenvalue weighted by atomic mass is 9.70. The van der Waals surface area contributed by atoms with Gasteiger partial charge in [-0.2, -0.15) is 0 Å². The minimum atomic E-state index is -0.164. The van der Waals surface area contributed by atoms with Crippen LogP contribution in [-0.2, 0) is 0 Å². The average molecular weight is 263 g/mol. The van der Waals surface area contributed by atoms with E-state index in [-0.39, 0.29) is 11.9 Å². The van der Waals surface area contributed by atoms with Gasteiger partial charge in [0.2, 0.25) is 0 Å². The van der Waals surface area contributed by atoms with E-state index in [9.17, 15) is 4.39 Å².